The van der Waals surface area contributed by atoms with Gasteiger partial charge in [0.15, 0.2) is 5.16 Å². The highest BCUT2D eigenvalue weighted by Gasteiger charge is 2.27. The van der Waals surface area contributed by atoms with Gasteiger partial charge in [0.05, 0.1) is 24.9 Å². The van der Waals surface area contributed by atoms with Gasteiger partial charge in [0.1, 0.15) is 5.75 Å². The third-order valence-electron chi connectivity index (χ3n) is 5.57. The van der Waals surface area contributed by atoms with E-state index in [0.717, 1.165) is 45.7 Å². The van der Waals surface area contributed by atoms with Gasteiger partial charge in [-0.15, -0.1) is 0 Å². The molecule has 0 saturated carbocycles. The number of methoxy groups -OCH3 is 1. The number of rotatable bonds is 5. The molecule has 2 aromatic carbocycles. The van der Waals surface area contributed by atoms with Gasteiger partial charge in [-0.25, -0.2) is 4.98 Å². The maximum absolute atomic E-state index is 12.7. The minimum Gasteiger partial charge on any atom is -0.497 e. The second-order valence-corrected chi connectivity index (χ2v) is 8.59. The number of ether oxygens (including phenoxy) is 1. The number of aromatic nitrogens is 2. The normalized spacial score (nSPS) is 15.3. The van der Waals surface area contributed by atoms with E-state index in [9.17, 15) is 4.79 Å². The first-order valence-corrected chi connectivity index (χ1v) is 11.3. The lowest BCUT2D eigenvalue weighted by Crippen LogP contribution is -2.24. The van der Waals surface area contributed by atoms with E-state index in [1.807, 2.05) is 60.9 Å². The monoisotopic (exact) mass is 429 g/mol. The lowest BCUT2D eigenvalue weighted by atomic mass is 9.97. The second kappa shape index (κ2) is 8.47. The molecule has 5 nitrogen and oxygen atoms in total. The van der Waals surface area contributed by atoms with Gasteiger partial charge < -0.3 is 9.30 Å². The summed E-state index contributed by atoms with van der Waals surface area (Å²) in [6, 6.07) is 17.9. The summed E-state index contributed by atoms with van der Waals surface area (Å²) in [5, 5.41) is 1.05. The van der Waals surface area contributed by atoms with Crippen LogP contribution in [0.3, 0.4) is 0 Å². The van der Waals surface area contributed by atoms with Crippen LogP contribution >= 0.6 is 11.8 Å². The molecule has 0 unspecified atom stereocenters. The van der Waals surface area contributed by atoms with E-state index in [0.29, 0.717) is 6.42 Å². The Kier molecular flexibility index (Phi) is 5.38. The Morgan fingerprint density at radius 3 is 2.71 bits per heavy atom. The van der Waals surface area contributed by atoms with Crippen molar-refractivity contribution in [3.05, 3.63) is 90.4 Å². The number of hydrogen-bond acceptors (Lipinski definition) is 4. The number of nitrogens with zero attached hydrogens (tertiary/aromatic N) is 3. The summed E-state index contributed by atoms with van der Waals surface area (Å²) in [7, 11) is 1.68. The van der Waals surface area contributed by atoms with Gasteiger partial charge in [-0.1, -0.05) is 66.4 Å². The maximum atomic E-state index is 12.7. The Balaban J connectivity index is 1.42. The van der Waals surface area contributed by atoms with Crippen molar-refractivity contribution < 1.29 is 9.53 Å². The summed E-state index contributed by atoms with van der Waals surface area (Å²) in [5.74, 6) is 1.97. The number of carbonyl (C=O) groups excluding carboxylic acids is 1. The highest BCUT2D eigenvalue weighted by atomic mass is 32.2. The van der Waals surface area contributed by atoms with Crippen LogP contribution in [0.4, 0.5) is 0 Å². The summed E-state index contributed by atoms with van der Waals surface area (Å²) in [5.41, 5.74) is 4.20. The molecule has 3 aromatic rings. The molecule has 156 valence electrons. The number of thioether (sulfide) groups is 1. The van der Waals surface area contributed by atoms with Crippen LogP contribution in [-0.4, -0.2) is 33.2 Å². The summed E-state index contributed by atoms with van der Waals surface area (Å²) < 4.78 is 7.72. The molecule has 1 aromatic heterocycles. The van der Waals surface area contributed by atoms with Crippen molar-refractivity contribution >= 4 is 17.7 Å². The predicted molar refractivity (Wildman–Crippen MR) is 123 cm³/mol. The van der Waals surface area contributed by atoms with Crippen molar-refractivity contribution in [3.63, 3.8) is 0 Å². The van der Waals surface area contributed by atoms with Crippen LogP contribution in [0.25, 0.3) is 11.3 Å². The summed E-state index contributed by atoms with van der Waals surface area (Å²) in [6.07, 6.45) is 8.31. The molecule has 6 heteroatoms. The van der Waals surface area contributed by atoms with Gasteiger partial charge in [-0.3, -0.25) is 9.69 Å². The summed E-state index contributed by atoms with van der Waals surface area (Å²) >= 11 is 1.79. The Bertz CT molecular complexity index is 1150. The van der Waals surface area contributed by atoms with Crippen LogP contribution < -0.4 is 4.74 Å². The van der Waals surface area contributed by atoms with E-state index in [1.54, 1.807) is 23.8 Å². The first-order valence-electron chi connectivity index (χ1n) is 10.3. The molecule has 0 fully saturated rings. The van der Waals surface area contributed by atoms with Crippen molar-refractivity contribution in [1.82, 2.24) is 14.5 Å². The Morgan fingerprint density at radius 1 is 1.13 bits per heavy atom. The average Bonchev–Trinajstić information content (AvgIpc) is 3.41. The smallest absolute Gasteiger partial charge is 0.234 e. The van der Waals surface area contributed by atoms with E-state index in [2.05, 4.69) is 22.8 Å². The molecule has 2 aliphatic heterocycles. The lowest BCUT2D eigenvalue weighted by molar-refractivity contribution is -0.125. The molecule has 3 heterocycles. The standard InChI is InChI=1S/C25H23N3O2S/c1-30-21-9-5-8-20(17-21)23-24(28-14-15-31-25(28)26-23)19-10-12-27(13-11-19)22(29)16-18-6-3-2-4-7-18/h2-13,17,19H,14-16H2,1H3. The SMILES string of the molecule is COc1cccc(-c2nc3n(c2C2C=CN(C(=O)Cc4ccccc4)C=C2)CCS3)c1. The first kappa shape index (κ1) is 19.7. The molecule has 0 aliphatic carbocycles. The molecular formula is C25H23N3O2S. The largest absolute Gasteiger partial charge is 0.497 e. The second-order valence-electron chi connectivity index (χ2n) is 7.53. The molecule has 0 N–H and O–H groups in total. The van der Waals surface area contributed by atoms with Crippen molar-refractivity contribution in [2.24, 2.45) is 0 Å². The number of imidazole rings is 1. The number of carbonyl (C=O) groups is 1. The Morgan fingerprint density at radius 2 is 1.94 bits per heavy atom. The van der Waals surface area contributed by atoms with Gasteiger partial charge in [0, 0.05) is 36.2 Å². The van der Waals surface area contributed by atoms with E-state index in [4.69, 9.17) is 9.72 Å². The zero-order valence-electron chi connectivity index (χ0n) is 17.3. The maximum Gasteiger partial charge on any atom is 0.234 e. The van der Waals surface area contributed by atoms with E-state index >= 15 is 0 Å². The van der Waals surface area contributed by atoms with Crippen LogP contribution in [0.1, 0.15) is 17.2 Å². The molecule has 5 rings (SSSR count). The zero-order chi connectivity index (χ0) is 21.2. The van der Waals surface area contributed by atoms with Crippen LogP contribution in [0.5, 0.6) is 5.75 Å². The molecule has 31 heavy (non-hydrogen) atoms. The van der Waals surface area contributed by atoms with Gasteiger partial charge in [0.2, 0.25) is 5.91 Å². The summed E-state index contributed by atoms with van der Waals surface area (Å²) in [4.78, 5) is 19.3. The number of hydrogen-bond donors (Lipinski definition) is 0. The third-order valence-corrected chi connectivity index (χ3v) is 6.53. The lowest BCUT2D eigenvalue weighted by Gasteiger charge is -2.22. The van der Waals surface area contributed by atoms with Crippen LogP contribution in [-0.2, 0) is 17.8 Å². The molecule has 0 atom stereocenters. The number of benzene rings is 2. The molecular weight excluding hydrogens is 406 g/mol. The molecule has 0 saturated heterocycles. The molecule has 0 bridgehead atoms. The predicted octanol–water partition coefficient (Wildman–Crippen LogP) is 4.86. The third kappa shape index (κ3) is 3.91. The molecule has 0 spiro atoms. The van der Waals surface area contributed by atoms with Crippen molar-refractivity contribution in [3.8, 4) is 17.0 Å². The van der Waals surface area contributed by atoms with E-state index in [-0.39, 0.29) is 11.8 Å². The number of fused-ring (bicyclic) bond motifs is 1. The highest BCUT2D eigenvalue weighted by Crippen LogP contribution is 2.39. The Labute approximate surface area is 186 Å². The fourth-order valence-corrected chi connectivity index (χ4v) is 4.97. The van der Waals surface area contributed by atoms with Crippen molar-refractivity contribution in [2.75, 3.05) is 12.9 Å². The molecule has 0 radical (unpaired) electrons. The van der Waals surface area contributed by atoms with Crippen molar-refractivity contribution in [1.29, 1.82) is 0 Å². The molecule has 1 amide bonds. The zero-order valence-corrected chi connectivity index (χ0v) is 18.1. The molecule has 2 aliphatic rings. The average molecular weight is 430 g/mol. The topological polar surface area (TPSA) is 47.4 Å². The fraction of sp³-hybridized carbons (Fsp3) is 0.200. The quantitative estimate of drug-likeness (QED) is 0.581. The highest BCUT2D eigenvalue weighted by molar-refractivity contribution is 7.99. The first-order chi connectivity index (χ1) is 15.2. The van der Waals surface area contributed by atoms with Gasteiger partial charge in [0.25, 0.3) is 0 Å². The van der Waals surface area contributed by atoms with Crippen LogP contribution in [0.15, 0.2) is 84.3 Å². The van der Waals surface area contributed by atoms with Gasteiger partial charge in [-0.05, 0) is 17.7 Å². The van der Waals surface area contributed by atoms with Gasteiger partial charge >= 0.3 is 0 Å². The fourth-order valence-electron chi connectivity index (χ4n) is 4.01. The number of allylic oxidation sites excluding steroid dienone is 2. The van der Waals surface area contributed by atoms with Crippen LogP contribution in [0.2, 0.25) is 0 Å². The van der Waals surface area contributed by atoms with Crippen LogP contribution in [0, 0.1) is 0 Å². The number of amides is 1. The minimum absolute atomic E-state index is 0.0548. The van der Waals surface area contributed by atoms with E-state index < -0.39 is 0 Å². The van der Waals surface area contributed by atoms with Gasteiger partial charge in [-0.2, -0.15) is 0 Å². The minimum atomic E-state index is 0.0548. The summed E-state index contributed by atoms with van der Waals surface area (Å²) in [6.45, 7) is 0.946. The van der Waals surface area contributed by atoms with Crippen molar-refractivity contribution in [2.45, 2.75) is 24.0 Å². The van der Waals surface area contributed by atoms with E-state index in [1.165, 1.54) is 0 Å². The Hall–Kier alpha value is -3.25.